The molecule has 1 atom stereocenters. The number of nitrogens with one attached hydrogen (secondary N) is 1. The van der Waals surface area contributed by atoms with Gasteiger partial charge in [0.1, 0.15) is 28.7 Å². The number of aliphatic hydroxyl groups excluding tert-OH is 1. The van der Waals surface area contributed by atoms with Gasteiger partial charge in [-0.1, -0.05) is 12.1 Å². The van der Waals surface area contributed by atoms with Gasteiger partial charge in [-0.3, -0.25) is 0 Å². The molecule has 28 heavy (non-hydrogen) atoms. The highest BCUT2D eigenvalue weighted by Crippen LogP contribution is 2.34. The number of aromatic nitrogens is 3. The zero-order chi connectivity index (χ0) is 20.6. The predicted molar refractivity (Wildman–Crippen MR) is 104 cm³/mol. The second-order valence-corrected chi connectivity index (χ2v) is 7.30. The van der Waals surface area contributed by atoms with E-state index < -0.39 is 30.0 Å². The van der Waals surface area contributed by atoms with E-state index in [0.717, 1.165) is 6.07 Å². The van der Waals surface area contributed by atoms with Gasteiger partial charge in [0.2, 0.25) is 0 Å². The molecular weight excluding hydrogens is 437 g/mol. The minimum absolute atomic E-state index is 0.0416. The van der Waals surface area contributed by atoms with Crippen molar-refractivity contribution in [3.05, 3.63) is 57.3 Å². The van der Waals surface area contributed by atoms with Gasteiger partial charge in [-0.05, 0) is 48.8 Å². The van der Waals surface area contributed by atoms with Crippen LogP contribution in [0.25, 0.3) is 10.9 Å². The Morgan fingerprint density at radius 3 is 2.61 bits per heavy atom. The number of hydrogen-bond donors (Lipinski definition) is 2. The van der Waals surface area contributed by atoms with Gasteiger partial charge in [0.25, 0.3) is 5.92 Å². The Labute approximate surface area is 168 Å². The summed E-state index contributed by atoms with van der Waals surface area (Å²) in [7, 11) is 0. The minimum atomic E-state index is -3.66. The lowest BCUT2D eigenvalue weighted by molar-refractivity contribution is -0.0583. The van der Waals surface area contributed by atoms with Gasteiger partial charge in [-0.2, -0.15) is 8.78 Å². The summed E-state index contributed by atoms with van der Waals surface area (Å²) in [5.74, 6) is -3.78. The molecule has 3 aromatic rings. The monoisotopic (exact) mass is 454 g/mol. The third kappa shape index (κ3) is 3.81. The second kappa shape index (κ2) is 7.63. The summed E-state index contributed by atoms with van der Waals surface area (Å²) in [5.41, 5.74) is 0.542. The summed E-state index contributed by atoms with van der Waals surface area (Å²) in [6, 6.07) is 4.80. The van der Waals surface area contributed by atoms with Crippen LogP contribution in [0.15, 0.2) is 28.9 Å². The molecule has 0 saturated carbocycles. The first-order valence-electron chi connectivity index (χ1n) is 8.49. The van der Waals surface area contributed by atoms with Crippen molar-refractivity contribution in [2.75, 3.05) is 11.9 Å². The number of fused-ring (bicyclic) bond motifs is 1. The van der Waals surface area contributed by atoms with Gasteiger partial charge in [-0.15, -0.1) is 0 Å². The van der Waals surface area contributed by atoms with Crippen molar-refractivity contribution < 1.29 is 18.3 Å². The van der Waals surface area contributed by atoms with Crippen LogP contribution in [0.2, 0.25) is 0 Å². The molecule has 3 rings (SSSR count). The quantitative estimate of drug-likeness (QED) is 0.541. The van der Waals surface area contributed by atoms with Crippen molar-refractivity contribution in [3.63, 3.8) is 0 Å². The maximum atomic E-state index is 14.7. The summed E-state index contributed by atoms with van der Waals surface area (Å²) in [5, 5.41) is 12.6. The molecule has 0 spiro atoms. The first kappa shape index (κ1) is 20.5. The van der Waals surface area contributed by atoms with Crippen molar-refractivity contribution in [2.45, 2.75) is 32.7 Å². The van der Waals surface area contributed by atoms with Crippen LogP contribution in [0.3, 0.4) is 0 Å². The van der Waals surface area contributed by atoms with E-state index in [4.69, 9.17) is 5.11 Å². The van der Waals surface area contributed by atoms with Crippen LogP contribution < -0.4 is 5.32 Å². The number of benzene rings is 1. The largest absolute Gasteiger partial charge is 0.390 e. The van der Waals surface area contributed by atoms with E-state index in [0.29, 0.717) is 32.8 Å². The molecule has 1 aromatic carbocycles. The highest BCUT2D eigenvalue weighted by Gasteiger charge is 2.35. The lowest BCUT2D eigenvalue weighted by Crippen LogP contribution is -2.22. The van der Waals surface area contributed by atoms with Crippen LogP contribution in [0.1, 0.15) is 35.6 Å². The van der Waals surface area contributed by atoms with Crippen LogP contribution >= 0.6 is 15.9 Å². The van der Waals surface area contributed by atoms with Gasteiger partial charge in [-0.25, -0.2) is 19.3 Å². The summed E-state index contributed by atoms with van der Waals surface area (Å²) < 4.78 is 43.0. The van der Waals surface area contributed by atoms with Crippen LogP contribution in [0, 0.1) is 19.7 Å². The number of rotatable bonds is 5. The molecule has 0 aliphatic rings. The Kier molecular flexibility index (Phi) is 5.58. The highest BCUT2D eigenvalue weighted by molar-refractivity contribution is 9.10. The lowest BCUT2D eigenvalue weighted by Gasteiger charge is -2.21. The fraction of sp³-hybridized carbons (Fsp3) is 0.316. The average Bonchev–Trinajstić information content (AvgIpc) is 2.62. The molecule has 0 unspecified atom stereocenters. The lowest BCUT2D eigenvalue weighted by atomic mass is 10.00. The Bertz CT molecular complexity index is 1050. The van der Waals surface area contributed by atoms with Crippen LogP contribution in [0.5, 0.6) is 0 Å². The van der Waals surface area contributed by atoms with Crippen LogP contribution in [0.4, 0.5) is 19.0 Å². The summed E-state index contributed by atoms with van der Waals surface area (Å²) in [6.45, 7) is 3.71. The summed E-state index contributed by atoms with van der Waals surface area (Å²) >= 11 is 3.34. The smallest absolute Gasteiger partial charge is 0.298 e. The van der Waals surface area contributed by atoms with E-state index in [1.165, 1.54) is 12.1 Å². The number of aliphatic hydroxyl groups is 1. The van der Waals surface area contributed by atoms with E-state index >= 15 is 0 Å². The maximum absolute atomic E-state index is 14.7. The molecule has 0 bridgehead atoms. The van der Waals surface area contributed by atoms with Gasteiger partial charge < -0.3 is 10.4 Å². The number of halogens is 4. The van der Waals surface area contributed by atoms with Gasteiger partial charge in [0.15, 0.2) is 0 Å². The molecule has 2 heterocycles. The molecule has 0 aliphatic carbocycles. The Morgan fingerprint density at radius 2 is 1.93 bits per heavy atom. The van der Waals surface area contributed by atoms with Crippen molar-refractivity contribution in [2.24, 2.45) is 0 Å². The SMILES string of the molecule is Cc1nc(N[C@H](C)c2cccc(C(F)(F)CO)c2F)c2cc(Br)nc(C)c2n1. The topological polar surface area (TPSA) is 70.9 Å². The van der Waals surface area contributed by atoms with Crippen LogP contribution in [-0.4, -0.2) is 26.7 Å². The van der Waals surface area contributed by atoms with Crippen molar-refractivity contribution in [3.8, 4) is 0 Å². The second-order valence-electron chi connectivity index (χ2n) is 6.48. The molecular formula is C19H18BrF3N4O. The third-order valence-electron chi connectivity index (χ3n) is 4.38. The number of anilines is 1. The average molecular weight is 455 g/mol. The molecule has 0 saturated heterocycles. The highest BCUT2D eigenvalue weighted by atomic mass is 79.9. The summed E-state index contributed by atoms with van der Waals surface area (Å²) in [6.07, 6.45) is 0. The van der Waals surface area contributed by atoms with E-state index in [1.807, 2.05) is 6.92 Å². The molecule has 5 nitrogen and oxygen atoms in total. The molecule has 9 heteroatoms. The van der Waals surface area contributed by atoms with E-state index in [2.05, 4.69) is 36.2 Å². The van der Waals surface area contributed by atoms with E-state index in [1.54, 1.807) is 19.9 Å². The van der Waals surface area contributed by atoms with Gasteiger partial charge in [0.05, 0.1) is 22.8 Å². The Morgan fingerprint density at radius 1 is 1.21 bits per heavy atom. The third-order valence-corrected chi connectivity index (χ3v) is 4.79. The molecule has 2 aromatic heterocycles. The predicted octanol–water partition coefficient (Wildman–Crippen LogP) is 4.80. The first-order valence-corrected chi connectivity index (χ1v) is 9.29. The fourth-order valence-electron chi connectivity index (χ4n) is 3.00. The van der Waals surface area contributed by atoms with Crippen molar-refractivity contribution >= 4 is 32.7 Å². The minimum Gasteiger partial charge on any atom is -0.390 e. The first-order chi connectivity index (χ1) is 13.1. The standard InChI is InChI=1S/C19H18BrF3N4O/c1-9(12-5-4-6-14(16(12)21)19(22,23)8-28)25-18-13-7-15(20)24-10(2)17(13)26-11(3)27-18/h4-7,9,28H,8H2,1-3H3,(H,25,26,27)/t9-/m1/s1. The Balaban J connectivity index is 2.05. The molecule has 148 valence electrons. The van der Waals surface area contributed by atoms with Crippen molar-refractivity contribution in [1.82, 2.24) is 15.0 Å². The molecule has 0 aliphatic heterocycles. The van der Waals surface area contributed by atoms with Crippen molar-refractivity contribution in [1.29, 1.82) is 0 Å². The van der Waals surface area contributed by atoms with Crippen LogP contribution in [-0.2, 0) is 5.92 Å². The fourth-order valence-corrected chi connectivity index (χ4v) is 3.50. The van der Waals surface area contributed by atoms with Gasteiger partial charge in [0, 0.05) is 10.9 Å². The molecule has 2 N–H and O–H groups in total. The summed E-state index contributed by atoms with van der Waals surface area (Å²) in [4.78, 5) is 13.1. The van der Waals surface area contributed by atoms with E-state index in [9.17, 15) is 13.2 Å². The zero-order valence-electron chi connectivity index (χ0n) is 15.4. The van der Waals surface area contributed by atoms with Gasteiger partial charge >= 0.3 is 0 Å². The number of alkyl halides is 2. The number of hydrogen-bond acceptors (Lipinski definition) is 5. The number of pyridine rings is 1. The number of aryl methyl sites for hydroxylation is 2. The normalized spacial score (nSPS) is 13.0. The Hall–Kier alpha value is -2.26. The molecule has 0 amide bonds. The molecule has 0 fully saturated rings. The zero-order valence-corrected chi connectivity index (χ0v) is 17.0. The maximum Gasteiger partial charge on any atom is 0.298 e. The number of nitrogens with zero attached hydrogens (tertiary/aromatic N) is 3. The van der Waals surface area contributed by atoms with E-state index in [-0.39, 0.29) is 5.56 Å². The molecule has 0 radical (unpaired) electrons.